The van der Waals surface area contributed by atoms with Gasteiger partial charge < -0.3 is 24.6 Å². The van der Waals surface area contributed by atoms with Crippen molar-refractivity contribution in [1.29, 1.82) is 0 Å². The Balaban J connectivity index is 1.84. The number of nitrogens with one attached hydrogen (secondary N) is 1. The summed E-state index contributed by atoms with van der Waals surface area (Å²) in [7, 11) is 0. The number of esters is 1. The van der Waals surface area contributed by atoms with Crippen molar-refractivity contribution >= 4 is 23.9 Å². The van der Waals surface area contributed by atoms with Gasteiger partial charge in [0.05, 0.1) is 12.5 Å². The predicted octanol–water partition coefficient (Wildman–Crippen LogP) is 2.28. The van der Waals surface area contributed by atoms with Gasteiger partial charge in [-0.2, -0.15) is 0 Å². The average Bonchev–Trinajstić information content (AvgIpc) is 2.82. The number of terminal acetylenes is 1. The minimum absolute atomic E-state index is 0.00693. The van der Waals surface area contributed by atoms with E-state index in [0.717, 1.165) is 5.57 Å². The van der Waals surface area contributed by atoms with Crippen LogP contribution in [-0.2, 0) is 23.9 Å². The van der Waals surface area contributed by atoms with E-state index in [2.05, 4.69) is 11.2 Å². The van der Waals surface area contributed by atoms with Crippen LogP contribution in [0.15, 0.2) is 23.8 Å². The highest BCUT2D eigenvalue weighted by Gasteiger charge is 2.29. The Morgan fingerprint density at radius 2 is 2.00 bits per heavy atom. The molecule has 3 amide bonds. The number of hydrogen-bond acceptors (Lipinski definition) is 6. The van der Waals surface area contributed by atoms with Gasteiger partial charge in [-0.1, -0.05) is 18.1 Å². The Kier molecular flexibility index (Phi) is 10.4. The number of nitrogens with zero attached hydrogens (tertiary/aromatic N) is 2. The molecule has 1 fully saturated rings. The van der Waals surface area contributed by atoms with E-state index in [1.54, 1.807) is 22.8 Å². The SMILES string of the molecule is C#C[C@@H](CNC(=O)[C@@H]1CCCN(C(=O)/C=C/C2=CCN(C(=O)OC(C)(C)C)CC2)C1)C(=O)OCC. The Morgan fingerprint density at radius 3 is 2.60 bits per heavy atom. The normalized spacial score (nSPS) is 19.4. The third-order valence-corrected chi connectivity index (χ3v) is 5.69. The van der Waals surface area contributed by atoms with E-state index in [1.165, 1.54) is 6.08 Å². The third kappa shape index (κ3) is 9.12. The highest BCUT2D eigenvalue weighted by atomic mass is 16.6. The maximum absolute atomic E-state index is 12.7. The molecule has 9 heteroatoms. The lowest BCUT2D eigenvalue weighted by atomic mass is 9.96. The molecule has 1 saturated heterocycles. The summed E-state index contributed by atoms with van der Waals surface area (Å²) < 4.78 is 10.3. The molecule has 0 bridgehead atoms. The van der Waals surface area contributed by atoms with E-state index < -0.39 is 17.5 Å². The number of rotatable bonds is 7. The highest BCUT2D eigenvalue weighted by molar-refractivity contribution is 5.89. The van der Waals surface area contributed by atoms with E-state index in [0.29, 0.717) is 45.4 Å². The number of amides is 3. The van der Waals surface area contributed by atoms with Gasteiger partial charge in [0.15, 0.2) is 0 Å². The van der Waals surface area contributed by atoms with Crippen LogP contribution in [0.5, 0.6) is 0 Å². The number of carbonyl (C=O) groups is 4. The van der Waals surface area contributed by atoms with Crippen molar-refractivity contribution in [2.75, 3.05) is 39.3 Å². The number of likely N-dealkylation sites (tertiary alicyclic amines) is 1. The fraction of sp³-hybridized carbons (Fsp3) is 0.615. The number of hydrogen-bond donors (Lipinski definition) is 1. The molecule has 2 aliphatic rings. The third-order valence-electron chi connectivity index (χ3n) is 5.69. The van der Waals surface area contributed by atoms with Crippen molar-refractivity contribution in [3.63, 3.8) is 0 Å². The lowest BCUT2D eigenvalue weighted by Gasteiger charge is -2.31. The molecule has 0 aliphatic carbocycles. The summed E-state index contributed by atoms with van der Waals surface area (Å²) in [5.41, 5.74) is 0.435. The predicted molar refractivity (Wildman–Crippen MR) is 131 cm³/mol. The van der Waals surface area contributed by atoms with Gasteiger partial charge in [0.2, 0.25) is 11.8 Å². The monoisotopic (exact) mass is 487 g/mol. The first-order valence-electron chi connectivity index (χ1n) is 12.1. The first kappa shape index (κ1) is 28.0. The van der Waals surface area contributed by atoms with Crippen LogP contribution < -0.4 is 5.32 Å². The van der Waals surface area contributed by atoms with Gasteiger partial charge in [-0.05, 0) is 52.5 Å². The summed E-state index contributed by atoms with van der Waals surface area (Å²) in [6.07, 6.45) is 12.2. The summed E-state index contributed by atoms with van der Waals surface area (Å²) in [4.78, 5) is 52.6. The van der Waals surface area contributed by atoms with Crippen LogP contribution in [0.25, 0.3) is 0 Å². The molecule has 2 aliphatic heterocycles. The molecule has 2 rings (SSSR count). The van der Waals surface area contributed by atoms with E-state index in [-0.39, 0.29) is 37.0 Å². The van der Waals surface area contributed by atoms with Crippen LogP contribution in [0.2, 0.25) is 0 Å². The van der Waals surface area contributed by atoms with Crippen LogP contribution in [0.3, 0.4) is 0 Å². The molecule has 0 unspecified atom stereocenters. The molecule has 0 aromatic carbocycles. The van der Waals surface area contributed by atoms with Crippen molar-refractivity contribution in [3.05, 3.63) is 23.8 Å². The molecule has 0 saturated carbocycles. The summed E-state index contributed by atoms with van der Waals surface area (Å²) in [6, 6.07) is 0. The van der Waals surface area contributed by atoms with Gasteiger partial charge in [-0.3, -0.25) is 14.4 Å². The lowest BCUT2D eigenvalue weighted by molar-refractivity contribution is -0.145. The molecule has 2 atom stereocenters. The standard InChI is InChI=1S/C26H37N3O6/c1-6-20(24(32)34-7-2)17-27-23(31)21-9-8-14-29(18-21)22(30)11-10-19-12-15-28(16-13-19)25(33)35-26(3,4)5/h1,10-12,20-21H,7-9,13-18H2,2-5H3,(H,27,31)/b11-10+/t20-,21+/m0/s1. The van der Waals surface area contributed by atoms with Crippen LogP contribution in [0.1, 0.15) is 47.0 Å². The molecule has 0 spiro atoms. The molecule has 1 N–H and O–H groups in total. The van der Waals surface area contributed by atoms with Crippen LogP contribution in [0.4, 0.5) is 4.79 Å². The summed E-state index contributed by atoms with van der Waals surface area (Å²) in [5, 5.41) is 2.72. The second kappa shape index (κ2) is 13.0. The van der Waals surface area contributed by atoms with Crippen molar-refractivity contribution in [1.82, 2.24) is 15.1 Å². The lowest BCUT2D eigenvalue weighted by Crippen LogP contribution is -2.46. The Morgan fingerprint density at radius 1 is 1.26 bits per heavy atom. The van der Waals surface area contributed by atoms with Crippen LogP contribution in [-0.4, -0.2) is 78.6 Å². The zero-order chi connectivity index (χ0) is 26.0. The number of carbonyl (C=O) groups excluding carboxylic acids is 4. The topological polar surface area (TPSA) is 105 Å². The maximum Gasteiger partial charge on any atom is 0.410 e. The van der Waals surface area contributed by atoms with Crippen molar-refractivity contribution in [3.8, 4) is 12.3 Å². The minimum atomic E-state index is -0.835. The Labute approximate surface area is 207 Å². The van der Waals surface area contributed by atoms with Gasteiger partial charge >= 0.3 is 12.1 Å². The number of ether oxygens (including phenoxy) is 2. The Bertz CT molecular complexity index is 896. The van der Waals surface area contributed by atoms with E-state index in [4.69, 9.17) is 15.9 Å². The second-order valence-electron chi connectivity index (χ2n) is 9.63. The fourth-order valence-corrected chi connectivity index (χ4v) is 3.80. The largest absolute Gasteiger partial charge is 0.465 e. The molecule has 0 radical (unpaired) electrons. The highest BCUT2D eigenvalue weighted by Crippen LogP contribution is 2.19. The van der Waals surface area contributed by atoms with Crippen LogP contribution in [0, 0.1) is 24.2 Å². The first-order chi connectivity index (χ1) is 16.5. The molecule has 35 heavy (non-hydrogen) atoms. The van der Waals surface area contributed by atoms with Crippen molar-refractivity contribution < 1.29 is 28.7 Å². The van der Waals surface area contributed by atoms with Crippen molar-refractivity contribution in [2.24, 2.45) is 11.8 Å². The fourth-order valence-electron chi connectivity index (χ4n) is 3.80. The van der Waals surface area contributed by atoms with E-state index in [1.807, 2.05) is 26.8 Å². The van der Waals surface area contributed by atoms with Crippen LogP contribution >= 0.6 is 0 Å². The zero-order valence-electron chi connectivity index (χ0n) is 21.2. The number of piperidine rings is 1. The molecule has 0 aromatic rings. The minimum Gasteiger partial charge on any atom is -0.465 e. The summed E-state index contributed by atoms with van der Waals surface area (Å²) >= 11 is 0. The van der Waals surface area contributed by atoms with Crippen molar-refractivity contribution in [2.45, 2.75) is 52.6 Å². The summed E-state index contributed by atoms with van der Waals surface area (Å²) in [6.45, 7) is 9.24. The van der Waals surface area contributed by atoms with E-state index >= 15 is 0 Å². The molecular formula is C26H37N3O6. The smallest absolute Gasteiger partial charge is 0.410 e. The summed E-state index contributed by atoms with van der Waals surface area (Å²) in [5.74, 6) is 0.219. The average molecular weight is 488 g/mol. The molecule has 2 heterocycles. The molecule has 9 nitrogen and oxygen atoms in total. The second-order valence-corrected chi connectivity index (χ2v) is 9.63. The van der Waals surface area contributed by atoms with Gasteiger partial charge in [0.1, 0.15) is 11.5 Å². The zero-order valence-corrected chi connectivity index (χ0v) is 21.2. The molecule has 192 valence electrons. The van der Waals surface area contributed by atoms with Gasteiger partial charge in [0, 0.05) is 38.8 Å². The van der Waals surface area contributed by atoms with Gasteiger partial charge in [-0.25, -0.2) is 4.79 Å². The van der Waals surface area contributed by atoms with E-state index in [9.17, 15) is 19.2 Å². The molecule has 0 aromatic heterocycles. The quantitative estimate of drug-likeness (QED) is 0.336. The first-order valence-corrected chi connectivity index (χ1v) is 12.1. The number of allylic oxidation sites excluding steroid dienone is 1. The maximum atomic E-state index is 12.7. The van der Waals surface area contributed by atoms with Gasteiger partial charge in [0.25, 0.3) is 0 Å². The molecular weight excluding hydrogens is 450 g/mol. The Hall–Kier alpha value is -3.28. The van der Waals surface area contributed by atoms with Gasteiger partial charge in [-0.15, -0.1) is 6.42 Å².